The van der Waals surface area contributed by atoms with Crippen LogP contribution in [0.3, 0.4) is 0 Å². The molecule has 0 saturated heterocycles. The molecule has 7 heteroatoms. The first-order valence-corrected chi connectivity index (χ1v) is 9.54. The molecule has 0 atom stereocenters. The number of nitrogens with zero attached hydrogens (tertiary/aromatic N) is 3. The monoisotopic (exact) mass is 370 g/mol. The molecular weight excluding hydrogens is 352 g/mol. The van der Waals surface area contributed by atoms with Gasteiger partial charge in [-0.15, -0.1) is 10.2 Å². The molecule has 0 aliphatic carbocycles. The summed E-state index contributed by atoms with van der Waals surface area (Å²) in [5.41, 5.74) is 2.86. The van der Waals surface area contributed by atoms with Gasteiger partial charge in [0.2, 0.25) is 5.13 Å². The van der Waals surface area contributed by atoms with Gasteiger partial charge in [-0.25, -0.2) is 4.98 Å². The average molecular weight is 371 g/mol. The third-order valence-corrected chi connectivity index (χ3v) is 5.72. The molecular formula is C18H18N4OS2. The van der Waals surface area contributed by atoms with E-state index in [-0.39, 0.29) is 5.91 Å². The molecule has 1 amide bonds. The van der Waals surface area contributed by atoms with Crippen molar-refractivity contribution in [3.05, 3.63) is 58.2 Å². The minimum atomic E-state index is -0.222. The second kappa shape index (κ2) is 7.76. The number of carbonyl (C=O) groups is 1. The SMILES string of the molecule is CCc1nnc(NC(=O)c2cccnc2Sc2cc(C)ccc2C)s1. The van der Waals surface area contributed by atoms with Crippen molar-refractivity contribution < 1.29 is 4.79 Å². The highest BCUT2D eigenvalue weighted by Crippen LogP contribution is 2.32. The van der Waals surface area contributed by atoms with E-state index in [1.165, 1.54) is 28.7 Å². The lowest BCUT2D eigenvalue weighted by Crippen LogP contribution is -2.13. The van der Waals surface area contributed by atoms with Crippen molar-refractivity contribution in [3.63, 3.8) is 0 Å². The molecule has 25 heavy (non-hydrogen) atoms. The first kappa shape index (κ1) is 17.6. The van der Waals surface area contributed by atoms with Gasteiger partial charge in [-0.05, 0) is 49.6 Å². The number of anilines is 1. The Bertz CT molecular complexity index is 908. The van der Waals surface area contributed by atoms with Crippen molar-refractivity contribution >= 4 is 34.1 Å². The number of rotatable bonds is 5. The highest BCUT2D eigenvalue weighted by molar-refractivity contribution is 7.99. The quantitative estimate of drug-likeness (QED) is 0.715. The second-order valence-corrected chi connectivity index (χ2v) is 7.63. The number of aryl methyl sites for hydroxylation is 3. The smallest absolute Gasteiger partial charge is 0.260 e. The van der Waals surface area contributed by atoms with Gasteiger partial charge < -0.3 is 0 Å². The molecule has 0 radical (unpaired) electrons. The van der Waals surface area contributed by atoms with Crippen molar-refractivity contribution in [2.75, 3.05) is 5.32 Å². The van der Waals surface area contributed by atoms with E-state index in [9.17, 15) is 4.79 Å². The summed E-state index contributed by atoms with van der Waals surface area (Å²) in [6, 6.07) is 9.80. The topological polar surface area (TPSA) is 67.8 Å². The molecule has 0 aliphatic heterocycles. The summed E-state index contributed by atoms with van der Waals surface area (Å²) in [6.45, 7) is 6.11. The van der Waals surface area contributed by atoms with Gasteiger partial charge in [0.25, 0.3) is 5.91 Å². The number of nitrogens with one attached hydrogen (secondary N) is 1. The van der Waals surface area contributed by atoms with E-state index < -0.39 is 0 Å². The zero-order valence-electron chi connectivity index (χ0n) is 14.2. The Labute approximate surface area is 154 Å². The van der Waals surface area contributed by atoms with Crippen molar-refractivity contribution in [1.82, 2.24) is 15.2 Å². The van der Waals surface area contributed by atoms with E-state index in [0.717, 1.165) is 21.9 Å². The molecule has 0 fully saturated rings. The van der Waals surface area contributed by atoms with Crippen LogP contribution < -0.4 is 5.32 Å². The van der Waals surface area contributed by atoms with Crippen LogP contribution in [0.2, 0.25) is 0 Å². The van der Waals surface area contributed by atoms with Crippen LogP contribution in [0.25, 0.3) is 0 Å². The number of benzene rings is 1. The molecule has 0 saturated carbocycles. The van der Waals surface area contributed by atoms with Crippen LogP contribution in [-0.4, -0.2) is 21.1 Å². The number of aromatic nitrogens is 3. The fraction of sp³-hybridized carbons (Fsp3) is 0.222. The first-order valence-electron chi connectivity index (χ1n) is 7.90. The van der Waals surface area contributed by atoms with Gasteiger partial charge in [-0.3, -0.25) is 10.1 Å². The third kappa shape index (κ3) is 4.24. The summed E-state index contributed by atoms with van der Waals surface area (Å²) in [6.07, 6.45) is 2.50. The number of pyridine rings is 1. The van der Waals surface area contributed by atoms with Crippen LogP contribution in [-0.2, 0) is 6.42 Å². The van der Waals surface area contributed by atoms with Crippen molar-refractivity contribution in [1.29, 1.82) is 0 Å². The lowest BCUT2D eigenvalue weighted by molar-refractivity contribution is 0.102. The summed E-state index contributed by atoms with van der Waals surface area (Å²) >= 11 is 2.89. The van der Waals surface area contributed by atoms with Crippen molar-refractivity contribution in [3.8, 4) is 0 Å². The summed E-state index contributed by atoms with van der Waals surface area (Å²) in [7, 11) is 0. The minimum Gasteiger partial charge on any atom is -0.296 e. The predicted molar refractivity (Wildman–Crippen MR) is 102 cm³/mol. The number of hydrogen-bond acceptors (Lipinski definition) is 6. The van der Waals surface area contributed by atoms with Gasteiger partial charge in [-0.1, -0.05) is 42.2 Å². The Morgan fingerprint density at radius 1 is 1.24 bits per heavy atom. The molecule has 128 valence electrons. The molecule has 0 unspecified atom stereocenters. The fourth-order valence-electron chi connectivity index (χ4n) is 2.18. The highest BCUT2D eigenvalue weighted by atomic mass is 32.2. The molecule has 2 heterocycles. The Kier molecular flexibility index (Phi) is 5.45. The van der Waals surface area contributed by atoms with Gasteiger partial charge in [0.15, 0.2) is 0 Å². The Morgan fingerprint density at radius 3 is 2.84 bits per heavy atom. The van der Waals surface area contributed by atoms with Crippen LogP contribution in [0.5, 0.6) is 0 Å². The summed E-state index contributed by atoms with van der Waals surface area (Å²) in [5, 5.41) is 12.9. The highest BCUT2D eigenvalue weighted by Gasteiger charge is 2.16. The van der Waals surface area contributed by atoms with Gasteiger partial charge >= 0.3 is 0 Å². The maximum Gasteiger partial charge on any atom is 0.260 e. The van der Waals surface area contributed by atoms with Gasteiger partial charge in [0.05, 0.1) is 5.56 Å². The van der Waals surface area contributed by atoms with E-state index in [0.29, 0.717) is 15.7 Å². The van der Waals surface area contributed by atoms with E-state index in [4.69, 9.17) is 0 Å². The maximum atomic E-state index is 12.6. The van der Waals surface area contributed by atoms with Crippen molar-refractivity contribution in [2.45, 2.75) is 37.1 Å². The van der Waals surface area contributed by atoms with E-state index in [1.807, 2.05) is 6.92 Å². The van der Waals surface area contributed by atoms with Gasteiger partial charge in [0, 0.05) is 11.1 Å². The molecule has 5 nitrogen and oxygen atoms in total. The Morgan fingerprint density at radius 2 is 2.08 bits per heavy atom. The summed E-state index contributed by atoms with van der Waals surface area (Å²) < 4.78 is 0. The molecule has 3 rings (SSSR count). The molecule has 1 N–H and O–H groups in total. The molecule has 0 bridgehead atoms. The normalized spacial score (nSPS) is 10.7. The van der Waals surface area contributed by atoms with Crippen LogP contribution in [0.15, 0.2) is 46.5 Å². The van der Waals surface area contributed by atoms with Gasteiger partial charge in [-0.2, -0.15) is 0 Å². The van der Waals surface area contributed by atoms with Crippen LogP contribution >= 0.6 is 23.1 Å². The number of carbonyl (C=O) groups excluding carboxylic acids is 1. The summed E-state index contributed by atoms with van der Waals surface area (Å²) in [5.74, 6) is -0.222. The molecule has 0 aliphatic rings. The predicted octanol–water partition coefficient (Wildman–Crippen LogP) is 4.52. The first-order chi connectivity index (χ1) is 12.1. The zero-order valence-corrected chi connectivity index (χ0v) is 15.9. The lowest BCUT2D eigenvalue weighted by atomic mass is 10.2. The minimum absolute atomic E-state index is 0.222. The second-order valence-electron chi connectivity index (χ2n) is 5.54. The van der Waals surface area contributed by atoms with Crippen LogP contribution in [0.1, 0.15) is 33.4 Å². The Balaban J connectivity index is 1.85. The molecule has 0 spiro atoms. The van der Waals surface area contributed by atoms with Crippen molar-refractivity contribution in [2.24, 2.45) is 0 Å². The molecule has 2 aromatic heterocycles. The molecule has 3 aromatic rings. The maximum absolute atomic E-state index is 12.6. The fourth-order valence-corrected chi connectivity index (χ4v) is 3.92. The summed E-state index contributed by atoms with van der Waals surface area (Å²) in [4.78, 5) is 18.1. The van der Waals surface area contributed by atoms with Crippen LogP contribution in [0.4, 0.5) is 5.13 Å². The van der Waals surface area contributed by atoms with E-state index in [2.05, 4.69) is 52.5 Å². The van der Waals surface area contributed by atoms with Crippen LogP contribution in [0, 0.1) is 13.8 Å². The zero-order chi connectivity index (χ0) is 17.8. The van der Waals surface area contributed by atoms with Gasteiger partial charge in [0.1, 0.15) is 10.0 Å². The number of hydrogen-bond donors (Lipinski definition) is 1. The third-order valence-electron chi connectivity index (χ3n) is 3.56. The standard InChI is InChI=1S/C18H18N4OS2/c1-4-15-21-22-18(25-15)20-16(23)13-6-5-9-19-17(13)24-14-10-11(2)7-8-12(14)3/h5-10H,4H2,1-3H3,(H,20,22,23). The lowest BCUT2D eigenvalue weighted by Gasteiger charge is -2.09. The Hall–Kier alpha value is -2.25. The van der Waals surface area contributed by atoms with E-state index in [1.54, 1.807) is 18.3 Å². The molecule has 1 aromatic carbocycles. The average Bonchev–Trinajstić information content (AvgIpc) is 3.06. The van der Waals surface area contributed by atoms with E-state index >= 15 is 0 Å². The largest absolute Gasteiger partial charge is 0.296 e. The number of amides is 1.